The fourth-order valence-corrected chi connectivity index (χ4v) is 5.59. The molecule has 0 aliphatic heterocycles. The number of nitrogens with zero attached hydrogens (tertiary/aromatic N) is 2. The highest BCUT2D eigenvalue weighted by Gasteiger charge is 2.33. The highest BCUT2D eigenvalue weighted by Crippen LogP contribution is 2.32. The predicted molar refractivity (Wildman–Crippen MR) is 162 cm³/mol. The number of hydrogen-bond acceptors (Lipinski definition) is 4. The quantitative estimate of drug-likeness (QED) is 0.227. The van der Waals surface area contributed by atoms with Crippen molar-refractivity contribution < 1.29 is 35.6 Å². The SMILES string of the molecule is CC(C)CNC(=O)[C@@H](Cc1ccccc1)N(Cc1ccccc1F)C(=O)CCCN(c1cccc(C(F)(F)F)c1)S(C)(=O)=O. The molecule has 0 aliphatic rings. The third kappa shape index (κ3) is 10.1. The van der Waals surface area contributed by atoms with Crippen LogP contribution in [0.15, 0.2) is 78.9 Å². The Bertz CT molecular complexity index is 1520. The van der Waals surface area contributed by atoms with Crippen molar-refractivity contribution in [2.45, 2.75) is 51.9 Å². The van der Waals surface area contributed by atoms with Crippen LogP contribution in [0.5, 0.6) is 0 Å². The topological polar surface area (TPSA) is 86.8 Å². The van der Waals surface area contributed by atoms with E-state index in [0.29, 0.717) is 6.54 Å². The summed E-state index contributed by atoms with van der Waals surface area (Å²) in [6.45, 7) is 3.69. The summed E-state index contributed by atoms with van der Waals surface area (Å²) in [4.78, 5) is 28.6. The number of sulfonamides is 1. The van der Waals surface area contributed by atoms with Crippen LogP contribution in [0.25, 0.3) is 0 Å². The first-order valence-electron chi connectivity index (χ1n) is 14.2. The molecule has 1 atom stereocenters. The van der Waals surface area contributed by atoms with Crippen LogP contribution in [0.2, 0.25) is 0 Å². The zero-order valence-electron chi connectivity index (χ0n) is 24.9. The molecule has 7 nitrogen and oxygen atoms in total. The Hall–Kier alpha value is -3.93. The van der Waals surface area contributed by atoms with Gasteiger partial charge in [-0.25, -0.2) is 12.8 Å². The van der Waals surface area contributed by atoms with Gasteiger partial charge < -0.3 is 10.2 Å². The second-order valence-electron chi connectivity index (χ2n) is 10.9. The number of benzene rings is 3. The van der Waals surface area contributed by atoms with E-state index in [-0.39, 0.29) is 49.5 Å². The summed E-state index contributed by atoms with van der Waals surface area (Å²) in [7, 11) is -4.01. The minimum absolute atomic E-state index is 0.0679. The Balaban J connectivity index is 1.90. The number of amides is 2. The fraction of sp³-hybridized carbons (Fsp3) is 0.375. The first-order chi connectivity index (χ1) is 20.7. The van der Waals surface area contributed by atoms with E-state index < -0.39 is 45.4 Å². The van der Waals surface area contributed by atoms with Crippen LogP contribution in [-0.2, 0) is 38.8 Å². The van der Waals surface area contributed by atoms with E-state index >= 15 is 0 Å². The lowest BCUT2D eigenvalue weighted by atomic mass is 10.0. The molecule has 238 valence electrons. The summed E-state index contributed by atoms with van der Waals surface area (Å²) < 4.78 is 80.6. The molecule has 3 aromatic carbocycles. The maximum atomic E-state index is 14.8. The first-order valence-corrected chi connectivity index (χ1v) is 16.0. The van der Waals surface area contributed by atoms with E-state index in [0.717, 1.165) is 34.3 Å². The van der Waals surface area contributed by atoms with Crippen LogP contribution in [0.3, 0.4) is 0 Å². The molecule has 0 heterocycles. The zero-order valence-corrected chi connectivity index (χ0v) is 25.7. The van der Waals surface area contributed by atoms with Crippen molar-refractivity contribution in [2.75, 3.05) is 23.7 Å². The third-order valence-electron chi connectivity index (χ3n) is 6.87. The Labute approximate surface area is 255 Å². The van der Waals surface area contributed by atoms with Crippen LogP contribution >= 0.6 is 0 Å². The molecule has 0 bridgehead atoms. The zero-order chi connectivity index (χ0) is 32.5. The van der Waals surface area contributed by atoms with Crippen LogP contribution in [0.1, 0.15) is 43.4 Å². The predicted octanol–water partition coefficient (Wildman–Crippen LogP) is 5.80. The number of carbonyl (C=O) groups is 2. The molecule has 0 fully saturated rings. The lowest BCUT2D eigenvalue weighted by Gasteiger charge is -2.32. The lowest BCUT2D eigenvalue weighted by molar-refractivity contribution is -0.141. The van der Waals surface area contributed by atoms with E-state index in [1.54, 1.807) is 18.2 Å². The number of halogens is 4. The highest BCUT2D eigenvalue weighted by atomic mass is 32.2. The van der Waals surface area contributed by atoms with Gasteiger partial charge in [-0.2, -0.15) is 13.2 Å². The number of carbonyl (C=O) groups excluding carboxylic acids is 2. The molecule has 0 unspecified atom stereocenters. The summed E-state index contributed by atoms with van der Waals surface area (Å²) in [5, 5.41) is 2.87. The van der Waals surface area contributed by atoms with E-state index in [1.165, 1.54) is 29.2 Å². The van der Waals surface area contributed by atoms with Gasteiger partial charge >= 0.3 is 6.18 Å². The molecular weight excluding hydrogens is 598 g/mol. The fourth-order valence-electron chi connectivity index (χ4n) is 4.63. The number of rotatable bonds is 14. The van der Waals surface area contributed by atoms with Gasteiger partial charge in [0.05, 0.1) is 17.5 Å². The minimum atomic E-state index is -4.67. The molecule has 3 rings (SSSR count). The molecule has 0 saturated carbocycles. The molecule has 0 saturated heterocycles. The summed E-state index contributed by atoms with van der Waals surface area (Å²) in [6, 6.07) is 17.9. The van der Waals surface area contributed by atoms with Gasteiger partial charge in [0.15, 0.2) is 0 Å². The molecule has 2 amide bonds. The van der Waals surface area contributed by atoms with Crippen molar-refractivity contribution in [2.24, 2.45) is 5.92 Å². The Kier molecular flexibility index (Phi) is 11.9. The molecule has 1 N–H and O–H groups in total. The van der Waals surface area contributed by atoms with Crippen molar-refractivity contribution in [3.8, 4) is 0 Å². The van der Waals surface area contributed by atoms with E-state index in [1.807, 2.05) is 32.0 Å². The van der Waals surface area contributed by atoms with Gasteiger partial charge in [-0.05, 0) is 42.2 Å². The average molecular weight is 636 g/mol. The largest absolute Gasteiger partial charge is 0.416 e. The minimum Gasteiger partial charge on any atom is -0.354 e. The van der Waals surface area contributed by atoms with Crippen molar-refractivity contribution in [3.05, 3.63) is 101 Å². The standard InChI is InChI=1S/C32H37F4N3O4S/c1-23(2)21-37-31(41)29(19-24-11-5-4-6-12-24)38(22-25-13-7-8-16-28(25)33)30(40)17-10-18-39(44(3,42)43)27-15-9-14-26(20-27)32(34,35)36/h4-9,11-16,20,23,29H,10,17-19,21-22H2,1-3H3,(H,37,41)/t29-/m1/s1. The lowest BCUT2D eigenvalue weighted by Crippen LogP contribution is -2.51. The monoisotopic (exact) mass is 635 g/mol. The van der Waals surface area contributed by atoms with Gasteiger partial charge in [0.1, 0.15) is 11.9 Å². The van der Waals surface area contributed by atoms with E-state index in [9.17, 15) is 35.6 Å². The molecule has 0 radical (unpaired) electrons. The molecule has 3 aromatic rings. The van der Waals surface area contributed by atoms with Crippen molar-refractivity contribution >= 4 is 27.5 Å². The number of hydrogen-bond donors (Lipinski definition) is 1. The van der Waals surface area contributed by atoms with Crippen LogP contribution in [0.4, 0.5) is 23.2 Å². The first kappa shape index (κ1) is 34.6. The molecule has 12 heteroatoms. The Morgan fingerprint density at radius 2 is 1.59 bits per heavy atom. The highest BCUT2D eigenvalue weighted by molar-refractivity contribution is 7.92. The van der Waals surface area contributed by atoms with E-state index in [4.69, 9.17) is 0 Å². The van der Waals surface area contributed by atoms with Gasteiger partial charge in [0.2, 0.25) is 21.8 Å². The van der Waals surface area contributed by atoms with Crippen molar-refractivity contribution in [1.82, 2.24) is 10.2 Å². The van der Waals surface area contributed by atoms with Crippen molar-refractivity contribution in [3.63, 3.8) is 0 Å². The van der Waals surface area contributed by atoms with Crippen molar-refractivity contribution in [1.29, 1.82) is 0 Å². The Morgan fingerprint density at radius 1 is 0.932 bits per heavy atom. The number of anilines is 1. The summed E-state index contributed by atoms with van der Waals surface area (Å²) in [5.41, 5.74) is -0.228. The Morgan fingerprint density at radius 3 is 2.20 bits per heavy atom. The maximum absolute atomic E-state index is 14.8. The summed E-state index contributed by atoms with van der Waals surface area (Å²) in [5.74, 6) is -1.38. The molecule has 0 spiro atoms. The number of alkyl halides is 3. The van der Waals surface area contributed by atoms with Gasteiger partial charge in [-0.1, -0.05) is 68.4 Å². The van der Waals surface area contributed by atoms with Gasteiger partial charge in [0.25, 0.3) is 0 Å². The van der Waals surface area contributed by atoms with Crippen LogP contribution in [-0.4, -0.2) is 50.5 Å². The third-order valence-corrected chi connectivity index (χ3v) is 8.06. The maximum Gasteiger partial charge on any atom is 0.416 e. The van der Waals surface area contributed by atoms with Crippen LogP contribution in [0, 0.1) is 11.7 Å². The van der Waals surface area contributed by atoms with Crippen LogP contribution < -0.4 is 9.62 Å². The molecular formula is C32H37F4N3O4S. The van der Waals surface area contributed by atoms with Gasteiger partial charge in [-0.15, -0.1) is 0 Å². The smallest absolute Gasteiger partial charge is 0.354 e. The molecule has 0 aliphatic carbocycles. The van der Waals surface area contributed by atoms with E-state index in [2.05, 4.69) is 5.32 Å². The number of nitrogens with one attached hydrogen (secondary N) is 1. The molecule has 0 aromatic heterocycles. The second kappa shape index (κ2) is 15.2. The van der Waals surface area contributed by atoms with Gasteiger partial charge in [-0.3, -0.25) is 13.9 Å². The average Bonchev–Trinajstić information content (AvgIpc) is 2.96. The normalized spacial score (nSPS) is 12.5. The summed E-state index contributed by atoms with van der Waals surface area (Å²) >= 11 is 0. The van der Waals surface area contributed by atoms with Gasteiger partial charge in [0, 0.05) is 38.0 Å². The molecule has 44 heavy (non-hydrogen) atoms. The second-order valence-corrected chi connectivity index (χ2v) is 12.9. The summed E-state index contributed by atoms with van der Waals surface area (Å²) in [6.07, 6.45) is -3.98.